The van der Waals surface area contributed by atoms with Crippen molar-refractivity contribution in [3.63, 3.8) is 0 Å². The molecule has 0 aliphatic carbocycles. The van der Waals surface area contributed by atoms with Crippen LogP contribution in [0.15, 0.2) is 54.6 Å². The number of rotatable bonds is 9. The number of amides is 2. The molecule has 49 heavy (non-hydrogen) atoms. The maximum Gasteiger partial charge on any atom is 0.410 e. The zero-order valence-electron chi connectivity index (χ0n) is 30.0. The van der Waals surface area contributed by atoms with E-state index in [1.165, 1.54) is 4.90 Å². The van der Waals surface area contributed by atoms with Crippen LogP contribution in [-0.2, 0) is 39.9 Å². The third-order valence-corrected chi connectivity index (χ3v) is 7.99. The minimum absolute atomic E-state index is 0.0430. The van der Waals surface area contributed by atoms with Gasteiger partial charge in [0.2, 0.25) is 0 Å². The van der Waals surface area contributed by atoms with Crippen molar-refractivity contribution in [2.75, 3.05) is 32.4 Å². The number of likely N-dealkylation sites (tertiary alicyclic amines) is 2. The van der Waals surface area contributed by atoms with E-state index in [1.807, 2.05) is 82.3 Å². The fraction of sp³-hybridized carbons (Fsp3) is 0.583. The molecule has 2 saturated heterocycles. The van der Waals surface area contributed by atoms with Gasteiger partial charge >= 0.3 is 18.2 Å². The maximum atomic E-state index is 12.2. The second-order valence-electron chi connectivity index (χ2n) is 14.4. The zero-order valence-corrected chi connectivity index (χ0v) is 30.8. The Labute approximate surface area is 291 Å². The van der Waals surface area contributed by atoms with E-state index in [-0.39, 0.29) is 30.6 Å². The molecule has 0 radical (unpaired) electrons. The van der Waals surface area contributed by atoms with E-state index in [0.29, 0.717) is 39.1 Å². The summed E-state index contributed by atoms with van der Waals surface area (Å²) in [6, 6.07) is 17.4. The van der Waals surface area contributed by atoms with Crippen LogP contribution in [0.3, 0.4) is 0 Å². The van der Waals surface area contributed by atoms with Gasteiger partial charge in [0.05, 0.1) is 31.9 Å². The normalized spacial score (nSPS) is 18.6. The van der Waals surface area contributed by atoms with Crippen LogP contribution in [0.4, 0.5) is 9.59 Å². The summed E-state index contributed by atoms with van der Waals surface area (Å²) in [4.78, 5) is 39.2. The molecule has 0 unspecified atom stereocenters. The van der Waals surface area contributed by atoms with Crippen LogP contribution in [0.1, 0.15) is 84.8 Å². The number of nitrogens with zero attached hydrogens (tertiary/aromatic N) is 2. The van der Waals surface area contributed by atoms with Crippen molar-refractivity contribution < 1.29 is 45.9 Å². The second-order valence-corrected chi connectivity index (χ2v) is 16.0. The Morgan fingerprint density at radius 3 is 1.82 bits per heavy atom. The van der Waals surface area contributed by atoms with Gasteiger partial charge in [-0.05, 0) is 77.1 Å². The molecule has 2 aromatic carbocycles. The lowest BCUT2D eigenvalue weighted by atomic mass is 9.98. The summed E-state index contributed by atoms with van der Waals surface area (Å²) in [7, 11) is -3.47. The Morgan fingerprint density at radius 1 is 0.796 bits per heavy atom. The van der Waals surface area contributed by atoms with E-state index in [0.717, 1.165) is 29.6 Å². The fourth-order valence-corrected chi connectivity index (χ4v) is 5.75. The third kappa shape index (κ3) is 15.1. The van der Waals surface area contributed by atoms with Gasteiger partial charge in [-0.3, -0.25) is 8.98 Å². The molecule has 2 aliphatic heterocycles. The Bertz CT molecular complexity index is 1480. The largest absolute Gasteiger partial charge is 0.489 e. The SMILES string of the molecule is CC(C)(C)OC(=O)N1CC[C@H](OS(C)(=O)=O)C1.C[C@H](CC(=O)OCc1ccccc1)c1ccc(O[C@@H]2CCN(C(=O)OC(C)(C)C)C2)cc1. The van der Waals surface area contributed by atoms with Crippen molar-refractivity contribution in [1.82, 2.24) is 9.80 Å². The Balaban J connectivity index is 0.000000323. The number of benzene rings is 2. The molecular weight excluding hydrogens is 652 g/mol. The molecule has 13 heteroatoms. The minimum atomic E-state index is -3.47. The number of carbonyl (C=O) groups is 3. The number of carbonyl (C=O) groups excluding carboxylic acids is 3. The Morgan fingerprint density at radius 2 is 1.31 bits per heavy atom. The molecule has 0 saturated carbocycles. The van der Waals surface area contributed by atoms with Crippen molar-refractivity contribution in [3.05, 3.63) is 65.7 Å². The van der Waals surface area contributed by atoms with Crippen molar-refractivity contribution in [2.45, 2.75) is 104 Å². The van der Waals surface area contributed by atoms with Gasteiger partial charge in [-0.2, -0.15) is 8.42 Å². The lowest BCUT2D eigenvalue weighted by molar-refractivity contribution is -0.145. The molecule has 2 fully saturated rings. The van der Waals surface area contributed by atoms with Crippen LogP contribution in [0, 0.1) is 0 Å². The topological polar surface area (TPSA) is 138 Å². The number of hydrogen-bond acceptors (Lipinski definition) is 10. The van der Waals surface area contributed by atoms with E-state index in [1.54, 1.807) is 25.7 Å². The summed E-state index contributed by atoms with van der Waals surface area (Å²) < 4.78 is 48.7. The van der Waals surface area contributed by atoms with E-state index in [2.05, 4.69) is 0 Å². The Hall–Kier alpha value is -3.84. The average molecular weight is 705 g/mol. The number of hydrogen-bond donors (Lipinski definition) is 0. The smallest absolute Gasteiger partial charge is 0.410 e. The summed E-state index contributed by atoms with van der Waals surface area (Å²) in [6.07, 6.45) is 1.35. The quantitative estimate of drug-likeness (QED) is 0.167. The molecule has 2 heterocycles. The summed E-state index contributed by atoms with van der Waals surface area (Å²) in [5, 5.41) is 0. The van der Waals surface area contributed by atoms with E-state index >= 15 is 0 Å². The molecule has 4 rings (SSSR count). The van der Waals surface area contributed by atoms with E-state index < -0.39 is 33.5 Å². The molecular formula is C36H52N2O10S. The van der Waals surface area contributed by atoms with Gasteiger partial charge < -0.3 is 28.7 Å². The molecule has 12 nitrogen and oxygen atoms in total. The highest BCUT2D eigenvalue weighted by Crippen LogP contribution is 2.25. The van der Waals surface area contributed by atoms with Crippen LogP contribution in [0.25, 0.3) is 0 Å². The van der Waals surface area contributed by atoms with Gasteiger partial charge in [-0.15, -0.1) is 0 Å². The van der Waals surface area contributed by atoms with Crippen molar-refractivity contribution in [1.29, 1.82) is 0 Å². The first-order valence-electron chi connectivity index (χ1n) is 16.6. The first-order chi connectivity index (χ1) is 22.8. The Kier molecular flexibility index (Phi) is 13.9. The predicted molar refractivity (Wildman–Crippen MR) is 185 cm³/mol. The van der Waals surface area contributed by atoms with Crippen LogP contribution in [0.5, 0.6) is 5.75 Å². The van der Waals surface area contributed by atoms with Gasteiger partial charge in [0, 0.05) is 19.5 Å². The molecule has 0 N–H and O–H groups in total. The highest BCUT2D eigenvalue weighted by Gasteiger charge is 2.32. The van der Waals surface area contributed by atoms with E-state index in [4.69, 9.17) is 23.1 Å². The van der Waals surface area contributed by atoms with Gasteiger partial charge in [-0.1, -0.05) is 49.4 Å². The molecule has 2 aromatic rings. The molecule has 2 amide bonds. The first kappa shape index (κ1) is 39.6. The summed E-state index contributed by atoms with van der Waals surface area (Å²) in [5.41, 5.74) is 0.978. The number of ether oxygens (including phenoxy) is 4. The van der Waals surface area contributed by atoms with Crippen molar-refractivity contribution in [2.24, 2.45) is 0 Å². The molecule has 0 bridgehead atoms. The van der Waals surface area contributed by atoms with Gasteiger partial charge in [0.25, 0.3) is 10.1 Å². The van der Waals surface area contributed by atoms with Crippen LogP contribution in [0.2, 0.25) is 0 Å². The number of esters is 1. The highest BCUT2D eigenvalue weighted by atomic mass is 32.2. The summed E-state index contributed by atoms with van der Waals surface area (Å²) >= 11 is 0. The summed E-state index contributed by atoms with van der Waals surface area (Å²) in [5.74, 6) is 0.583. The summed E-state index contributed by atoms with van der Waals surface area (Å²) in [6.45, 7) is 15.1. The first-order valence-corrected chi connectivity index (χ1v) is 18.4. The van der Waals surface area contributed by atoms with Crippen molar-refractivity contribution >= 4 is 28.3 Å². The van der Waals surface area contributed by atoms with Crippen LogP contribution >= 0.6 is 0 Å². The molecule has 3 atom stereocenters. The lowest BCUT2D eigenvalue weighted by Gasteiger charge is -2.24. The highest BCUT2D eigenvalue weighted by molar-refractivity contribution is 7.86. The van der Waals surface area contributed by atoms with Gasteiger partial charge in [0.1, 0.15) is 29.7 Å². The van der Waals surface area contributed by atoms with Crippen LogP contribution < -0.4 is 4.74 Å². The maximum absolute atomic E-state index is 12.2. The monoisotopic (exact) mass is 704 g/mol. The zero-order chi connectivity index (χ0) is 36.4. The standard InChI is InChI=1S/C26H33NO5.C10H19NO5S/c1-19(16-24(28)30-18-20-8-6-5-7-9-20)21-10-12-22(13-11-21)31-23-14-15-27(17-23)25(29)32-26(2,3)4;1-10(2,3)15-9(12)11-6-5-8(7-11)16-17(4,13)14/h5-13,19,23H,14-18H2,1-4H3;8H,5-7H2,1-4H3/t19-,23-;8-/m10/s1. The lowest BCUT2D eigenvalue weighted by Crippen LogP contribution is -2.36. The van der Waals surface area contributed by atoms with Gasteiger partial charge in [0.15, 0.2) is 0 Å². The molecule has 0 aromatic heterocycles. The minimum Gasteiger partial charge on any atom is -0.489 e. The van der Waals surface area contributed by atoms with E-state index in [9.17, 15) is 22.8 Å². The average Bonchev–Trinajstić information content (AvgIpc) is 3.65. The molecule has 272 valence electrons. The second kappa shape index (κ2) is 17.2. The van der Waals surface area contributed by atoms with Gasteiger partial charge in [-0.25, -0.2) is 9.59 Å². The molecule has 2 aliphatic rings. The third-order valence-electron chi connectivity index (χ3n) is 7.37. The van der Waals surface area contributed by atoms with Crippen molar-refractivity contribution in [3.8, 4) is 5.75 Å². The predicted octanol–water partition coefficient (Wildman–Crippen LogP) is 6.28. The van der Waals surface area contributed by atoms with Crippen LogP contribution in [-0.4, -0.2) is 92.2 Å². The fourth-order valence-electron chi connectivity index (χ4n) is 5.10. The molecule has 0 spiro atoms.